The molecule has 0 radical (unpaired) electrons. The number of nitrogens with zero attached hydrogens (tertiary/aromatic N) is 1. The Morgan fingerprint density at radius 3 is 2.54 bits per heavy atom. The second kappa shape index (κ2) is 9.25. The number of nitrogens with one attached hydrogen (secondary N) is 2. The Labute approximate surface area is 155 Å². The first-order valence-electron chi connectivity index (χ1n) is 9.36. The Bertz CT molecular complexity index is 697. The SMILES string of the molecule is CCCN1CCC(NC(=O)Nc2cccc(Oc3ccccc3)c2)CC1. The molecule has 0 atom stereocenters. The van der Waals surface area contributed by atoms with Gasteiger partial charge in [0.25, 0.3) is 0 Å². The van der Waals surface area contributed by atoms with E-state index in [-0.39, 0.29) is 12.1 Å². The minimum absolute atomic E-state index is 0.157. The van der Waals surface area contributed by atoms with Gasteiger partial charge in [-0.1, -0.05) is 31.2 Å². The van der Waals surface area contributed by atoms with E-state index in [1.807, 2.05) is 54.6 Å². The maximum absolute atomic E-state index is 12.3. The van der Waals surface area contributed by atoms with Crippen molar-refractivity contribution in [3.05, 3.63) is 54.6 Å². The number of likely N-dealkylation sites (tertiary alicyclic amines) is 1. The highest BCUT2D eigenvalue weighted by Gasteiger charge is 2.20. The molecule has 0 spiro atoms. The fraction of sp³-hybridized carbons (Fsp3) is 0.381. The average molecular weight is 353 g/mol. The molecule has 3 rings (SSSR count). The van der Waals surface area contributed by atoms with Crippen LogP contribution in [0.1, 0.15) is 26.2 Å². The van der Waals surface area contributed by atoms with Gasteiger partial charge in [0.1, 0.15) is 11.5 Å². The molecular weight excluding hydrogens is 326 g/mol. The molecule has 26 heavy (non-hydrogen) atoms. The zero-order valence-corrected chi connectivity index (χ0v) is 15.3. The van der Waals surface area contributed by atoms with Crippen LogP contribution >= 0.6 is 0 Å². The van der Waals surface area contributed by atoms with Gasteiger partial charge in [0, 0.05) is 30.9 Å². The number of amides is 2. The van der Waals surface area contributed by atoms with Gasteiger partial charge in [-0.2, -0.15) is 0 Å². The van der Waals surface area contributed by atoms with Crippen LogP contribution in [0.15, 0.2) is 54.6 Å². The molecule has 0 aliphatic carbocycles. The standard InChI is InChI=1S/C21H27N3O2/c1-2-13-24-14-11-17(12-15-24)22-21(25)23-18-7-6-10-20(16-18)26-19-8-4-3-5-9-19/h3-10,16-17H,2,11-15H2,1H3,(H2,22,23,25). The molecule has 1 aliphatic heterocycles. The fourth-order valence-corrected chi connectivity index (χ4v) is 3.23. The number of rotatable bonds is 6. The molecule has 138 valence electrons. The van der Waals surface area contributed by atoms with Crippen molar-refractivity contribution in [1.82, 2.24) is 10.2 Å². The Morgan fingerprint density at radius 1 is 1.08 bits per heavy atom. The maximum Gasteiger partial charge on any atom is 0.319 e. The zero-order chi connectivity index (χ0) is 18.2. The monoisotopic (exact) mass is 353 g/mol. The van der Waals surface area contributed by atoms with Gasteiger partial charge in [-0.05, 0) is 50.1 Å². The number of urea groups is 1. The second-order valence-electron chi connectivity index (χ2n) is 6.66. The van der Waals surface area contributed by atoms with Crippen LogP contribution in [-0.2, 0) is 0 Å². The summed E-state index contributed by atoms with van der Waals surface area (Å²) < 4.78 is 5.81. The van der Waals surface area contributed by atoms with Crippen LogP contribution in [0.25, 0.3) is 0 Å². The van der Waals surface area contributed by atoms with E-state index in [4.69, 9.17) is 4.74 Å². The number of para-hydroxylation sites is 1. The molecule has 1 fully saturated rings. The molecule has 1 aliphatic rings. The van der Waals surface area contributed by atoms with Crippen LogP contribution in [0.5, 0.6) is 11.5 Å². The molecule has 1 heterocycles. The normalized spacial score (nSPS) is 15.4. The van der Waals surface area contributed by atoms with Crippen LogP contribution in [-0.4, -0.2) is 36.6 Å². The summed E-state index contributed by atoms with van der Waals surface area (Å²) in [4.78, 5) is 14.7. The lowest BCUT2D eigenvalue weighted by Crippen LogP contribution is -2.46. The third kappa shape index (κ3) is 5.49. The summed E-state index contributed by atoms with van der Waals surface area (Å²) >= 11 is 0. The Kier molecular flexibility index (Phi) is 6.50. The maximum atomic E-state index is 12.3. The quantitative estimate of drug-likeness (QED) is 0.805. The largest absolute Gasteiger partial charge is 0.457 e. The van der Waals surface area contributed by atoms with Gasteiger partial charge >= 0.3 is 6.03 Å². The van der Waals surface area contributed by atoms with Crippen molar-refractivity contribution >= 4 is 11.7 Å². The number of carbonyl (C=O) groups excluding carboxylic acids is 1. The molecule has 0 bridgehead atoms. The third-order valence-electron chi connectivity index (χ3n) is 4.53. The first-order chi connectivity index (χ1) is 12.7. The lowest BCUT2D eigenvalue weighted by Gasteiger charge is -2.32. The number of carbonyl (C=O) groups is 1. The van der Waals surface area contributed by atoms with Gasteiger partial charge in [0.15, 0.2) is 0 Å². The summed E-state index contributed by atoms with van der Waals surface area (Å²) in [5.74, 6) is 1.47. The Morgan fingerprint density at radius 2 is 1.81 bits per heavy atom. The fourth-order valence-electron chi connectivity index (χ4n) is 3.23. The summed E-state index contributed by atoms with van der Waals surface area (Å²) in [6.07, 6.45) is 3.19. The van der Waals surface area contributed by atoms with Gasteiger partial charge in [-0.15, -0.1) is 0 Å². The molecule has 5 heteroatoms. The predicted octanol–water partition coefficient (Wildman–Crippen LogP) is 4.47. The van der Waals surface area contributed by atoms with E-state index < -0.39 is 0 Å². The van der Waals surface area contributed by atoms with Crippen LogP contribution < -0.4 is 15.4 Å². The summed E-state index contributed by atoms with van der Waals surface area (Å²) in [7, 11) is 0. The van der Waals surface area contributed by atoms with Gasteiger partial charge < -0.3 is 20.3 Å². The van der Waals surface area contributed by atoms with Crippen LogP contribution in [0.3, 0.4) is 0 Å². The molecular formula is C21H27N3O2. The Balaban J connectivity index is 1.49. The average Bonchev–Trinajstić information content (AvgIpc) is 2.65. The lowest BCUT2D eigenvalue weighted by molar-refractivity contribution is 0.196. The molecule has 0 aromatic heterocycles. The van der Waals surface area contributed by atoms with Crippen molar-refractivity contribution in [3.63, 3.8) is 0 Å². The predicted molar refractivity (Wildman–Crippen MR) is 105 cm³/mol. The van der Waals surface area contributed by atoms with Crippen LogP contribution in [0.2, 0.25) is 0 Å². The summed E-state index contributed by atoms with van der Waals surface area (Å²) in [5.41, 5.74) is 0.722. The number of anilines is 1. The summed E-state index contributed by atoms with van der Waals surface area (Å²) in [6, 6.07) is 17.1. The van der Waals surface area contributed by atoms with Crippen molar-refractivity contribution in [2.45, 2.75) is 32.2 Å². The lowest BCUT2D eigenvalue weighted by atomic mass is 10.1. The first-order valence-corrected chi connectivity index (χ1v) is 9.36. The van der Waals surface area contributed by atoms with Crippen molar-refractivity contribution in [2.24, 2.45) is 0 Å². The number of hydrogen-bond donors (Lipinski definition) is 2. The van der Waals surface area contributed by atoms with Gasteiger partial charge in [-0.25, -0.2) is 4.79 Å². The van der Waals surface area contributed by atoms with Gasteiger partial charge in [-0.3, -0.25) is 0 Å². The second-order valence-corrected chi connectivity index (χ2v) is 6.66. The van der Waals surface area contributed by atoms with Crippen molar-refractivity contribution < 1.29 is 9.53 Å². The topological polar surface area (TPSA) is 53.6 Å². The highest BCUT2D eigenvalue weighted by atomic mass is 16.5. The van der Waals surface area contributed by atoms with Crippen LogP contribution in [0, 0.1) is 0 Å². The van der Waals surface area contributed by atoms with Gasteiger partial charge in [0.05, 0.1) is 0 Å². The van der Waals surface area contributed by atoms with E-state index >= 15 is 0 Å². The van der Waals surface area contributed by atoms with Crippen LogP contribution in [0.4, 0.5) is 10.5 Å². The number of benzene rings is 2. The molecule has 2 aromatic carbocycles. The molecule has 2 aromatic rings. The highest BCUT2D eigenvalue weighted by molar-refractivity contribution is 5.89. The van der Waals surface area contributed by atoms with E-state index in [1.165, 1.54) is 6.42 Å². The molecule has 5 nitrogen and oxygen atoms in total. The van der Waals surface area contributed by atoms with E-state index in [2.05, 4.69) is 22.5 Å². The minimum atomic E-state index is -0.157. The zero-order valence-electron chi connectivity index (χ0n) is 15.3. The highest BCUT2D eigenvalue weighted by Crippen LogP contribution is 2.23. The molecule has 0 saturated carbocycles. The van der Waals surface area contributed by atoms with Gasteiger partial charge in [0.2, 0.25) is 0 Å². The Hall–Kier alpha value is -2.53. The van der Waals surface area contributed by atoms with E-state index in [9.17, 15) is 4.79 Å². The van der Waals surface area contributed by atoms with E-state index in [0.717, 1.165) is 43.9 Å². The van der Waals surface area contributed by atoms with E-state index in [0.29, 0.717) is 5.75 Å². The summed E-state index contributed by atoms with van der Waals surface area (Å²) in [6.45, 7) is 5.46. The van der Waals surface area contributed by atoms with Crippen molar-refractivity contribution in [1.29, 1.82) is 0 Å². The minimum Gasteiger partial charge on any atom is -0.457 e. The number of hydrogen-bond acceptors (Lipinski definition) is 3. The number of ether oxygens (including phenoxy) is 1. The van der Waals surface area contributed by atoms with Crippen molar-refractivity contribution in [3.8, 4) is 11.5 Å². The molecule has 0 unspecified atom stereocenters. The molecule has 1 saturated heterocycles. The molecule has 2 N–H and O–H groups in total. The van der Waals surface area contributed by atoms with Crippen molar-refractivity contribution in [2.75, 3.05) is 25.0 Å². The number of piperidine rings is 1. The molecule has 2 amide bonds. The smallest absolute Gasteiger partial charge is 0.319 e. The first kappa shape index (κ1) is 18.3. The summed E-state index contributed by atoms with van der Waals surface area (Å²) in [5, 5.41) is 5.99. The van der Waals surface area contributed by atoms with E-state index in [1.54, 1.807) is 0 Å². The third-order valence-corrected chi connectivity index (χ3v) is 4.53.